The van der Waals surface area contributed by atoms with Crippen molar-refractivity contribution in [3.8, 4) is 0 Å². The van der Waals surface area contributed by atoms with Gasteiger partial charge in [-0.2, -0.15) is 0 Å². The Hall–Kier alpha value is -0.670. The Balaban J connectivity index is 2.80. The monoisotopic (exact) mass is 242 g/mol. The molecule has 2 heterocycles. The Morgan fingerprint density at radius 3 is 2.75 bits per heavy atom. The van der Waals surface area contributed by atoms with Crippen LogP contribution in [-0.4, -0.2) is 9.97 Å². The summed E-state index contributed by atoms with van der Waals surface area (Å²) in [5.74, 6) is 0. The van der Waals surface area contributed by atoms with Gasteiger partial charge in [-0.15, -0.1) is 0 Å². The van der Waals surface area contributed by atoms with E-state index in [1.54, 1.807) is 12.4 Å². The zero-order valence-electron chi connectivity index (χ0n) is 5.96. The van der Waals surface area contributed by atoms with Crippen LogP contribution in [0.3, 0.4) is 0 Å². The van der Waals surface area contributed by atoms with Gasteiger partial charge in [-0.25, -0.2) is 9.97 Å². The van der Waals surface area contributed by atoms with Gasteiger partial charge in [-0.3, -0.25) is 0 Å². The molecule has 0 N–H and O–H groups in total. The number of hydrogen-bond donors (Lipinski definition) is 0. The zero-order valence-corrected chi connectivity index (χ0v) is 8.30. The zero-order chi connectivity index (χ0) is 8.55. The van der Waals surface area contributed by atoms with Gasteiger partial charge in [0.05, 0.1) is 5.02 Å². The van der Waals surface area contributed by atoms with E-state index < -0.39 is 0 Å². The van der Waals surface area contributed by atoms with Gasteiger partial charge in [0.2, 0.25) is 0 Å². The topological polar surface area (TPSA) is 25.8 Å². The third kappa shape index (κ3) is 1.42. The highest BCUT2D eigenvalue weighted by Crippen LogP contribution is 2.18. The Labute approximate surface area is 82.7 Å². The molecule has 0 atom stereocenters. The number of nitrogens with zero attached hydrogens (tertiary/aromatic N) is 2. The second-order valence-corrected chi connectivity index (χ2v) is 3.71. The second kappa shape index (κ2) is 2.99. The van der Waals surface area contributed by atoms with Crippen molar-refractivity contribution in [1.29, 1.82) is 0 Å². The Morgan fingerprint density at radius 1 is 1.17 bits per heavy atom. The summed E-state index contributed by atoms with van der Waals surface area (Å²) in [4.78, 5) is 8.16. The molecule has 0 radical (unpaired) electrons. The predicted molar refractivity (Wildman–Crippen MR) is 52.2 cm³/mol. The Morgan fingerprint density at radius 2 is 1.92 bits per heavy atom. The molecule has 0 amide bonds. The lowest BCUT2D eigenvalue weighted by molar-refractivity contribution is 1.28. The lowest BCUT2D eigenvalue weighted by Crippen LogP contribution is -1.82. The lowest BCUT2D eigenvalue weighted by atomic mass is 10.3. The standard InChI is InChI=1S/C8H4BrClN2/c9-6-1-5-2-7(10)4-12-8(5)11-3-6/h1-4H. The van der Waals surface area contributed by atoms with E-state index in [1.165, 1.54) is 0 Å². The molecule has 0 aliphatic carbocycles. The van der Waals surface area contributed by atoms with Crippen LogP contribution in [0.25, 0.3) is 11.0 Å². The molecule has 60 valence electrons. The predicted octanol–water partition coefficient (Wildman–Crippen LogP) is 3.05. The van der Waals surface area contributed by atoms with Crippen molar-refractivity contribution in [1.82, 2.24) is 9.97 Å². The van der Waals surface area contributed by atoms with Crippen molar-refractivity contribution < 1.29 is 0 Å². The third-order valence-electron chi connectivity index (χ3n) is 1.47. The molecule has 0 fully saturated rings. The number of halogens is 2. The lowest BCUT2D eigenvalue weighted by Gasteiger charge is -1.96. The molecule has 0 aliphatic heterocycles. The van der Waals surface area contributed by atoms with Crippen molar-refractivity contribution in [2.24, 2.45) is 0 Å². The number of pyridine rings is 2. The quantitative estimate of drug-likeness (QED) is 0.711. The summed E-state index contributed by atoms with van der Waals surface area (Å²) in [6.45, 7) is 0. The third-order valence-corrected chi connectivity index (χ3v) is 2.11. The summed E-state index contributed by atoms with van der Waals surface area (Å²) in [6, 6.07) is 3.77. The molecule has 0 aromatic carbocycles. The molecular formula is C8H4BrClN2. The van der Waals surface area contributed by atoms with Gasteiger partial charge < -0.3 is 0 Å². The highest BCUT2D eigenvalue weighted by molar-refractivity contribution is 9.10. The number of rotatable bonds is 0. The Kier molecular flexibility index (Phi) is 1.98. The molecule has 0 bridgehead atoms. The molecular weight excluding hydrogens is 239 g/mol. The number of hydrogen-bond acceptors (Lipinski definition) is 2. The minimum absolute atomic E-state index is 0.627. The van der Waals surface area contributed by atoms with Crippen LogP contribution < -0.4 is 0 Å². The van der Waals surface area contributed by atoms with E-state index in [1.807, 2.05) is 12.1 Å². The minimum Gasteiger partial charge on any atom is -0.235 e. The molecule has 12 heavy (non-hydrogen) atoms. The van der Waals surface area contributed by atoms with E-state index in [2.05, 4.69) is 25.9 Å². The summed E-state index contributed by atoms with van der Waals surface area (Å²) in [5, 5.41) is 1.57. The summed E-state index contributed by atoms with van der Waals surface area (Å²) < 4.78 is 0.930. The second-order valence-electron chi connectivity index (χ2n) is 2.35. The SMILES string of the molecule is Clc1cnc2ncc(Br)cc2c1. The molecule has 0 unspecified atom stereocenters. The van der Waals surface area contributed by atoms with Gasteiger partial charge in [0.1, 0.15) is 0 Å². The van der Waals surface area contributed by atoms with E-state index >= 15 is 0 Å². The number of aromatic nitrogens is 2. The van der Waals surface area contributed by atoms with Crippen LogP contribution in [-0.2, 0) is 0 Å². The maximum Gasteiger partial charge on any atom is 0.159 e. The summed E-state index contributed by atoms with van der Waals surface area (Å²) in [5.41, 5.74) is 0.711. The fourth-order valence-corrected chi connectivity index (χ4v) is 1.49. The van der Waals surface area contributed by atoms with Gasteiger partial charge in [-0.1, -0.05) is 11.6 Å². The van der Waals surface area contributed by atoms with Gasteiger partial charge in [0.15, 0.2) is 5.65 Å². The van der Waals surface area contributed by atoms with Crippen LogP contribution >= 0.6 is 27.5 Å². The Bertz CT molecular complexity index is 394. The summed E-state index contributed by atoms with van der Waals surface area (Å²) in [7, 11) is 0. The maximum absolute atomic E-state index is 5.77. The van der Waals surface area contributed by atoms with E-state index in [0.717, 1.165) is 9.86 Å². The van der Waals surface area contributed by atoms with E-state index in [-0.39, 0.29) is 0 Å². The van der Waals surface area contributed by atoms with Crippen molar-refractivity contribution in [2.75, 3.05) is 0 Å². The van der Waals surface area contributed by atoms with E-state index in [9.17, 15) is 0 Å². The van der Waals surface area contributed by atoms with Gasteiger partial charge in [0, 0.05) is 22.3 Å². The molecule has 2 aromatic heterocycles. The van der Waals surface area contributed by atoms with Crippen LogP contribution in [0.1, 0.15) is 0 Å². The summed E-state index contributed by atoms with van der Waals surface area (Å²) in [6.07, 6.45) is 3.30. The van der Waals surface area contributed by atoms with Crippen LogP contribution in [0.15, 0.2) is 29.0 Å². The van der Waals surface area contributed by atoms with Crippen LogP contribution in [0, 0.1) is 0 Å². The van der Waals surface area contributed by atoms with E-state index in [4.69, 9.17) is 11.6 Å². The summed E-state index contributed by atoms with van der Waals surface area (Å²) >= 11 is 9.09. The van der Waals surface area contributed by atoms with Crippen LogP contribution in [0.5, 0.6) is 0 Å². The smallest absolute Gasteiger partial charge is 0.159 e. The van der Waals surface area contributed by atoms with E-state index in [0.29, 0.717) is 10.7 Å². The molecule has 2 aromatic rings. The minimum atomic E-state index is 0.627. The van der Waals surface area contributed by atoms with Crippen molar-refractivity contribution in [3.63, 3.8) is 0 Å². The first kappa shape index (κ1) is 7.95. The largest absolute Gasteiger partial charge is 0.235 e. The van der Waals surface area contributed by atoms with Crippen molar-refractivity contribution >= 4 is 38.6 Å². The van der Waals surface area contributed by atoms with Gasteiger partial charge >= 0.3 is 0 Å². The van der Waals surface area contributed by atoms with Crippen LogP contribution in [0.4, 0.5) is 0 Å². The molecule has 2 rings (SSSR count). The fraction of sp³-hybridized carbons (Fsp3) is 0. The maximum atomic E-state index is 5.77. The van der Waals surface area contributed by atoms with Crippen LogP contribution in [0.2, 0.25) is 5.02 Å². The fourth-order valence-electron chi connectivity index (χ4n) is 0.970. The molecule has 0 spiro atoms. The highest BCUT2D eigenvalue weighted by Gasteiger charge is 1.97. The molecule has 0 aliphatic rings. The first-order valence-electron chi connectivity index (χ1n) is 3.32. The molecule has 2 nitrogen and oxygen atoms in total. The molecule has 4 heteroatoms. The molecule has 0 saturated carbocycles. The average Bonchev–Trinajstić information content (AvgIpc) is 2.03. The van der Waals surface area contributed by atoms with Gasteiger partial charge in [-0.05, 0) is 28.1 Å². The average molecular weight is 243 g/mol. The first-order chi connectivity index (χ1) is 5.75. The molecule has 0 saturated heterocycles. The van der Waals surface area contributed by atoms with Crippen molar-refractivity contribution in [2.45, 2.75) is 0 Å². The normalized spacial score (nSPS) is 10.5. The highest BCUT2D eigenvalue weighted by atomic mass is 79.9. The van der Waals surface area contributed by atoms with Gasteiger partial charge in [0.25, 0.3) is 0 Å². The van der Waals surface area contributed by atoms with Crippen molar-refractivity contribution in [3.05, 3.63) is 34.0 Å². The number of fused-ring (bicyclic) bond motifs is 1. The first-order valence-corrected chi connectivity index (χ1v) is 4.49.